The van der Waals surface area contributed by atoms with Crippen LogP contribution in [0.1, 0.15) is 18.9 Å². The molecule has 0 N–H and O–H groups in total. The summed E-state index contributed by atoms with van der Waals surface area (Å²) in [5, 5.41) is 0. The van der Waals surface area contributed by atoms with Gasteiger partial charge in [-0.2, -0.15) is 0 Å². The minimum Gasteiger partial charge on any atom is -0.493 e. The van der Waals surface area contributed by atoms with E-state index in [1.54, 1.807) is 6.92 Å². The Morgan fingerprint density at radius 1 is 1.47 bits per heavy atom. The molecule has 0 atom stereocenters. The summed E-state index contributed by atoms with van der Waals surface area (Å²) in [6.45, 7) is 7.72. The van der Waals surface area contributed by atoms with Gasteiger partial charge in [0, 0.05) is 6.42 Å². The first kappa shape index (κ1) is 11.5. The van der Waals surface area contributed by atoms with Crippen molar-refractivity contribution < 1.29 is 9.53 Å². The zero-order chi connectivity index (χ0) is 11.3. The van der Waals surface area contributed by atoms with Gasteiger partial charge in [-0.05, 0) is 37.1 Å². The van der Waals surface area contributed by atoms with Crippen LogP contribution in [-0.4, -0.2) is 12.4 Å². The molecule has 0 saturated heterocycles. The SMILES string of the molecule is C=C(C)C(=O)CCOc1cccc(C)c1. The van der Waals surface area contributed by atoms with Crippen molar-refractivity contribution in [1.82, 2.24) is 0 Å². The van der Waals surface area contributed by atoms with Crippen LogP contribution >= 0.6 is 0 Å². The maximum Gasteiger partial charge on any atom is 0.161 e. The third kappa shape index (κ3) is 3.98. The van der Waals surface area contributed by atoms with E-state index in [1.807, 2.05) is 31.2 Å². The summed E-state index contributed by atoms with van der Waals surface area (Å²) >= 11 is 0. The average molecular weight is 204 g/mol. The Morgan fingerprint density at radius 2 is 2.20 bits per heavy atom. The lowest BCUT2D eigenvalue weighted by atomic mass is 10.2. The van der Waals surface area contributed by atoms with E-state index in [2.05, 4.69) is 6.58 Å². The van der Waals surface area contributed by atoms with Crippen LogP contribution in [-0.2, 0) is 4.79 Å². The fourth-order valence-electron chi connectivity index (χ4n) is 1.18. The van der Waals surface area contributed by atoms with Crippen LogP contribution in [0.2, 0.25) is 0 Å². The minimum absolute atomic E-state index is 0.0580. The predicted octanol–water partition coefficient (Wildman–Crippen LogP) is 2.91. The zero-order valence-corrected chi connectivity index (χ0v) is 9.25. The standard InChI is InChI=1S/C13H16O2/c1-10(2)13(14)7-8-15-12-6-4-5-11(3)9-12/h4-6,9H,1,7-8H2,2-3H3. The zero-order valence-electron chi connectivity index (χ0n) is 9.25. The van der Waals surface area contributed by atoms with Crippen molar-refractivity contribution in [1.29, 1.82) is 0 Å². The molecule has 0 amide bonds. The lowest BCUT2D eigenvalue weighted by molar-refractivity contribution is -0.115. The van der Waals surface area contributed by atoms with Crippen molar-refractivity contribution in [3.8, 4) is 5.75 Å². The van der Waals surface area contributed by atoms with Gasteiger partial charge in [-0.25, -0.2) is 0 Å². The van der Waals surface area contributed by atoms with Gasteiger partial charge in [0.2, 0.25) is 0 Å². The van der Waals surface area contributed by atoms with E-state index in [4.69, 9.17) is 4.74 Å². The maximum absolute atomic E-state index is 11.2. The van der Waals surface area contributed by atoms with Gasteiger partial charge in [-0.3, -0.25) is 4.79 Å². The molecule has 15 heavy (non-hydrogen) atoms. The van der Waals surface area contributed by atoms with Crippen molar-refractivity contribution in [2.45, 2.75) is 20.3 Å². The number of benzene rings is 1. The average Bonchev–Trinajstić information content (AvgIpc) is 2.17. The number of aryl methyl sites for hydroxylation is 1. The normalized spacial score (nSPS) is 9.73. The van der Waals surface area contributed by atoms with Crippen molar-refractivity contribution in [2.24, 2.45) is 0 Å². The summed E-state index contributed by atoms with van der Waals surface area (Å²) in [5.41, 5.74) is 1.74. The molecule has 0 aromatic heterocycles. The van der Waals surface area contributed by atoms with Crippen molar-refractivity contribution in [3.05, 3.63) is 42.0 Å². The van der Waals surface area contributed by atoms with Crippen LogP contribution in [0.4, 0.5) is 0 Å². The van der Waals surface area contributed by atoms with Crippen LogP contribution in [0.15, 0.2) is 36.4 Å². The van der Waals surface area contributed by atoms with Gasteiger partial charge in [0.1, 0.15) is 5.75 Å². The molecule has 0 spiro atoms. The molecule has 80 valence electrons. The molecule has 2 nitrogen and oxygen atoms in total. The molecular weight excluding hydrogens is 188 g/mol. The molecule has 0 aliphatic heterocycles. The van der Waals surface area contributed by atoms with Crippen LogP contribution in [0.3, 0.4) is 0 Å². The van der Waals surface area contributed by atoms with Gasteiger partial charge >= 0.3 is 0 Å². The van der Waals surface area contributed by atoms with E-state index in [-0.39, 0.29) is 5.78 Å². The molecule has 0 heterocycles. The molecule has 0 radical (unpaired) electrons. The molecule has 0 unspecified atom stereocenters. The van der Waals surface area contributed by atoms with Crippen LogP contribution in [0.25, 0.3) is 0 Å². The number of hydrogen-bond acceptors (Lipinski definition) is 2. The molecule has 0 fully saturated rings. The molecule has 2 heteroatoms. The quantitative estimate of drug-likeness (QED) is 0.689. The number of carbonyl (C=O) groups is 1. The number of Topliss-reactive ketones (excluding diaryl/α,β-unsaturated/α-hetero) is 1. The number of ether oxygens (including phenoxy) is 1. The smallest absolute Gasteiger partial charge is 0.161 e. The number of carbonyl (C=O) groups excluding carboxylic acids is 1. The third-order valence-corrected chi connectivity index (χ3v) is 2.06. The fourth-order valence-corrected chi connectivity index (χ4v) is 1.18. The second kappa shape index (κ2) is 5.35. The summed E-state index contributed by atoms with van der Waals surface area (Å²) in [4.78, 5) is 11.2. The first-order valence-corrected chi connectivity index (χ1v) is 4.98. The van der Waals surface area contributed by atoms with E-state index < -0.39 is 0 Å². The highest BCUT2D eigenvalue weighted by atomic mass is 16.5. The third-order valence-electron chi connectivity index (χ3n) is 2.06. The van der Waals surface area contributed by atoms with Gasteiger partial charge in [0.15, 0.2) is 5.78 Å². The molecule has 1 rings (SSSR count). The highest BCUT2D eigenvalue weighted by molar-refractivity contribution is 5.94. The number of ketones is 1. The second-order valence-electron chi connectivity index (χ2n) is 3.62. The van der Waals surface area contributed by atoms with Crippen molar-refractivity contribution in [3.63, 3.8) is 0 Å². The Kier molecular flexibility index (Phi) is 4.10. The van der Waals surface area contributed by atoms with E-state index in [1.165, 1.54) is 0 Å². The lowest BCUT2D eigenvalue weighted by Crippen LogP contribution is -2.06. The Balaban J connectivity index is 2.38. The number of rotatable bonds is 5. The first-order chi connectivity index (χ1) is 7.09. The van der Waals surface area contributed by atoms with Gasteiger partial charge in [0.25, 0.3) is 0 Å². The summed E-state index contributed by atoms with van der Waals surface area (Å²) in [5.74, 6) is 0.868. The Morgan fingerprint density at radius 3 is 2.80 bits per heavy atom. The van der Waals surface area contributed by atoms with E-state index >= 15 is 0 Å². The largest absolute Gasteiger partial charge is 0.493 e. The van der Waals surface area contributed by atoms with E-state index in [0.29, 0.717) is 18.6 Å². The predicted molar refractivity (Wildman–Crippen MR) is 61.1 cm³/mol. The first-order valence-electron chi connectivity index (χ1n) is 4.98. The van der Waals surface area contributed by atoms with E-state index in [9.17, 15) is 4.79 Å². The molecule has 0 aliphatic carbocycles. The lowest BCUT2D eigenvalue weighted by Gasteiger charge is -2.05. The van der Waals surface area contributed by atoms with Gasteiger partial charge in [-0.1, -0.05) is 18.7 Å². The molecular formula is C13H16O2. The van der Waals surface area contributed by atoms with Crippen molar-refractivity contribution >= 4 is 5.78 Å². The van der Waals surface area contributed by atoms with Gasteiger partial charge in [0.05, 0.1) is 6.61 Å². The molecule has 1 aromatic rings. The van der Waals surface area contributed by atoms with Crippen LogP contribution in [0, 0.1) is 6.92 Å². The second-order valence-corrected chi connectivity index (χ2v) is 3.62. The van der Waals surface area contributed by atoms with Crippen LogP contribution in [0.5, 0.6) is 5.75 Å². The van der Waals surface area contributed by atoms with Gasteiger partial charge in [-0.15, -0.1) is 0 Å². The Hall–Kier alpha value is -1.57. The van der Waals surface area contributed by atoms with Crippen molar-refractivity contribution in [2.75, 3.05) is 6.61 Å². The summed E-state index contributed by atoms with van der Waals surface area (Å²) < 4.78 is 5.45. The van der Waals surface area contributed by atoms with Crippen LogP contribution < -0.4 is 4.74 Å². The monoisotopic (exact) mass is 204 g/mol. The van der Waals surface area contributed by atoms with Gasteiger partial charge < -0.3 is 4.74 Å². The summed E-state index contributed by atoms with van der Waals surface area (Å²) in [7, 11) is 0. The maximum atomic E-state index is 11.2. The topological polar surface area (TPSA) is 26.3 Å². The summed E-state index contributed by atoms with van der Waals surface area (Å²) in [6, 6.07) is 7.78. The number of hydrogen-bond donors (Lipinski definition) is 0. The number of allylic oxidation sites excluding steroid dienone is 1. The highest BCUT2D eigenvalue weighted by Crippen LogP contribution is 2.12. The minimum atomic E-state index is 0.0580. The molecule has 1 aromatic carbocycles. The Labute approximate surface area is 90.6 Å². The van der Waals surface area contributed by atoms with E-state index in [0.717, 1.165) is 11.3 Å². The molecule has 0 bridgehead atoms. The molecule has 0 aliphatic rings. The fraction of sp³-hybridized carbons (Fsp3) is 0.308. The summed E-state index contributed by atoms with van der Waals surface area (Å²) in [6.07, 6.45) is 0.392. The molecule has 0 saturated carbocycles. The Bertz CT molecular complexity index is 367. The highest BCUT2D eigenvalue weighted by Gasteiger charge is 2.02.